The van der Waals surface area contributed by atoms with Crippen LogP contribution >= 0.6 is 0 Å². The molecule has 3 heterocycles. The lowest BCUT2D eigenvalue weighted by Gasteiger charge is -2.36. The Morgan fingerprint density at radius 2 is 2.22 bits per heavy atom. The van der Waals surface area contributed by atoms with E-state index in [1.807, 2.05) is 0 Å². The van der Waals surface area contributed by atoms with Crippen LogP contribution in [0.2, 0.25) is 0 Å². The maximum atomic E-state index is 12.2. The first kappa shape index (κ1) is 16.2. The molecule has 1 amide bonds. The molecule has 3 atom stereocenters. The van der Waals surface area contributed by atoms with E-state index >= 15 is 0 Å². The predicted octanol–water partition coefficient (Wildman–Crippen LogP) is 0.462. The standard InChI is InChI=1S/C17H25N3O3/c1-12(2)15-9-20-8-13(7-14(20)11-23-15)18-16(21)10-19-6-4-3-5-17(19)22/h3-6,12-15H,7-11H2,1-2H3,(H,18,21)/t13-,14+,15-/m1/s1. The first-order valence-corrected chi connectivity index (χ1v) is 8.33. The number of aromatic nitrogens is 1. The topological polar surface area (TPSA) is 63.6 Å². The molecular formula is C17H25N3O3. The molecule has 1 N–H and O–H groups in total. The minimum absolute atomic E-state index is 0.0754. The number of fused-ring (bicyclic) bond motifs is 1. The van der Waals surface area contributed by atoms with E-state index in [-0.39, 0.29) is 30.2 Å². The molecule has 2 aliphatic rings. The largest absolute Gasteiger partial charge is 0.375 e. The fourth-order valence-electron chi connectivity index (χ4n) is 3.43. The van der Waals surface area contributed by atoms with E-state index in [9.17, 15) is 9.59 Å². The normalized spacial score (nSPS) is 27.9. The van der Waals surface area contributed by atoms with Gasteiger partial charge in [-0.1, -0.05) is 19.9 Å². The van der Waals surface area contributed by atoms with Crippen LogP contribution in [0.4, 0.5) is 0 Å². The molecule has 0 bridgehead atoms. The molecule has 2 aliphatic heterocycles. The Kier molecular flexibility index (Phi) is 4.82. The van der Waals surface area contributed by atoms with Gasteiger partial charge in [-0.15, -0.1) is 0 Å². The molecule has 6 heteroatoms. The van der Waals surface area contributed by atoms with Crippen LogP contribution < -0.4 is 10.9 Å². The maximum Gasteiger partial charge on any atom is 0.250 e. The molecule has 2 fully saturated rings. The van der Waals surface area contributed by atoms with Crippen molar-refractivity contribution in [2.75, 3.05) is 19.7 Å². The smallest absolute Gasteiger partial charge is 0.250 e. The summed E-state index contributed by atoms with van der Waals surface area (Å²) in [6.07, 6.45) is 2.84. The van der Waals surface area contributed by atoms with Crippen LogP contribution in [0.15, 0.2) is 29.2 Å². The van der Waals surface area contributed by atoms with Crippen LogP contribution in [0.1, 0.15) is 20.3 Å². The molecule has 6 nitrogen and oxygen atoms in total. The van der Waals surface area contributed by atoms with Crippen molar-refractivity contribution in [1.29, 1.82) is 0 Å². The summed E-state index contributed by atoms with van der Waals surface area (Å²) >= 11 is 0. The third-order valence-corrected chi connectivity index (χ3v) is 4.77. The van der Waals surface area contributed by atoms with Crippen molar-refractivity contribution >= 4 is 5.91 Å². The minimum atomic E-state index is -0.153. The summed E-state index contributed by atoms with van der Waals surface area (Å²) in [5.41, 5.74) is -0.153. The maximum absolute atomic E-state index is 12.2. The monoisotopic (exact) mass is 319 g/mol. The van der Waals surface area contributed by atoms with E-state index in [1.54, 1.807) is 18.3 Å². The highest BCUT2D eigenvalue weighted by molar-refractivity contribution is 5.76. The number of amides is 1. The molecule has 23 heavy (non-hydrogen) atoms. The third-order valence-electron chi connectivity index (χ3n) is 4.77. The second-order valence-electron chi connectivity index (χ2n) is 6.89. The number of morpholine rings is 1. The quantitative estimate of drug-likeness (QED) is 0.876. The van der Waals surface area contributed by atoms with Gasteiger partial charge in [-0.2, -0.15) is 0 Å². The summed E-state index contributed by atoms with van der Waals surface area (Å²) in [4.78, 5) is 26.3. The number of ether oxygens (including phenoxy) is 1. The molecule has 3 rings (SSSR count). The van der Waals surface area contributed by atoms with Crippen LogP contribution in [-0.2, 0) is 16.1 Å². The summed E-state index contributed by atoms with van der Waals surface area (Å²) in [6.45, 7) is 6.98. The van der Waals surface area contributed by atoms with Crippen molar-refractivity contribution in [3.8, 4) is 0 Å². The lowest BCUT2D eigenvalue weighted by atomic mass is 10.0. The minimum Gasteiger partial charge on any atom is -0.375 e. The van der Waals surface area contributed by atoms with Crippen LogP contribution in [0.25, 0.3) is 0 Å². The number of hydrogen-bond donors (Lipinski definition) is 1. The van der Waals surface area contributed by atoms with Crippen LogP contribution in [0.3, 0.4) is 0 Å². The van der Waals surface area contributed by atoms with Gasteiger partial charge in [0.1, 0.15) is 6.54 Å². The average molecular weight is 319 g/mol. The second-order valence-corrected chi connectivity index (χ2v) is 6.89. The van der Waals surface area contributed by atoms with Crippen LogP contribution in [-0.4, -0.2) is 53.3 Å². The van der Waals surface area contributed by atoms with Gasteiger partial charge in [0.25, 0.3) is 5.56 Å². The van der Waals surface area contributed by atoms with E-state index in [2.05, 4.69) is 24.1 Å². The zero-order valence-corrected chi connectivity index (χ0v) is 13.8. The van der Waals surface area contributed by atoms with E-state index in [0.717, 1.165) is 26.1 Å². The van der Waals surface area contributed by atoms with Gasteiger partial charge in [-0.3, -0.25) is 14.5 Å². The Bertz CT molecular complexity index is 613. The van der Waals surface area contributed by atoms with E-state index in [4.69, 9.17) is 4.74 Å². The van der Waals surface area contributed by atoms with Gasteiger partial charge in [0.05, 0.1) is 12.7 Å². The molecular weight excluding hydrogens is 294 g/mol. The van der Waals surface area contributed by atoms with Crippen molar-refractivity contribution in [3.63, 3.8) is 0 Å². The number of nitrogens with zero attached hydrogens (tertiary/aromatic N) is 2. The Labute approximate surface area is 136 Å². The summed E-state index contributed by atoms with van der Waals surface area (Å²) in [5, 5.41) is 3.06. The SMILES string of the molecule is CC(C)[C@H]1CN2C[C@H](NC(=O)Cn3ccccc3=O)C[C@H]2CO1. The molecule has 0 unspecified atom stereocenters. The van der Waals surface area contributed by atoms with E-state index < -0.39 is 0 Å². The van der Waals surface area contributed by atoms with Gasteiger partial charge >= 0.3 is 0 Å². The van der Waals surface area contributed by atoms with Crippen molar-refractivity contribution in [3.05, 3.63) is 34.7 Å². The van der Waals surface area contributed by atoms with Gasteiger partial charge in [0.15, 0.2) is 0 Å². The molecule has 0 aromatic carbocycles. The van der Waals surface area contributed by atoms with Crippen molar-refractivity contribution < 1.29 is 9.53 Å². The number of hydrogen-bond acceptors (Lipinski definition) is 4. The van der Waals surface area contributed by atoms with Crippen molar-refractivity contribution in [1.82, 2.24) is 14.8 Å². The molecule has 1 aromatic rings. The number of pyridine rings is 1. The number of nitrogens with one attached hydrogen (secondary N) is 1. The van der Waals surface area contributed by atoms with E-state index in [1.165, 1.54) is 10.6 Å². The van der Waals surface area contributed by atoms with Gasteiger partial charge < -0.3 is 14.6 Å². The first-order valence-electron chi connectivity index (χ1n) is 8.33. The molecule has 0 aliphatic carbocycles. The lowest BCUT2D eigenvalue weighted by Crippen LogP contribution is -2.48. The lowest BCUT2D eigenvalue weighted by molar-refractivity contribution is -0.122. The fourth-order valence-corrected chi connectivity index (χ4v) is 3.43. The third kappa shape index (κ3) is 3.82. The van der Waals surface area contributed by atoms with Gasteiger partial charge in [-0.05, 0) is 18.4 Å². The Morgan fingerprint density at radius 3 is 2.96 bits per heavy atom. The van der Waals surface area contributed by atoms with Gasteiger partial charge in [0, 0.05) is 37.4 Å². The average Bonchev–Trinajstić information content (AvgIpc) is 2.90. The highest BCUT2D eigenvalue weighted by Gasteiger charge is 2.38. The van der Waals surface area contributed by atoms with Crippen LogP contribution in [0.5, 0.6) is 0 Å². The summed E-state index contributed by atoms with van der Waals surface area (Å²) in [6, 6.07) is 5.44. The summed E-state index contributed by atoms with van der Waals surface area (Å²) in [5.74, 6) is 0.402. The highest BCUT2D eigenvalue weighted by atomic mass is 16.5. The van der Waals surface area contributed by atoms with Gasteiger partial charge in [0.2, 0.25) is 5.91 Å². The predicted molar refractivity (Wildman–Crippen MR) is 87.2 cm³/mol. The first-order chi connectivity index (χ1) is 11.0. The zero-order valence-electron chi connectivity index (χ0n) is 13.8. The van der Waals surface area contributed by atoms with Crippen molar-refractivity contribution in [2.24, 2.45) is 5.92 Å². The zero-order chi connectivity index (χ0) is 16.4. The molecule has 0 spiro atoms. The summed E-state index contributed by atoms with van der Waals surface area (Å²) in [7, 11) is 0. The molecule has 0 radical (unpaired) electrons. The number of rotatable bonds is 4. The van der Waals surface area contributed by atoms with Gasteiger partial charge in [-0.25, -0.2) is 0 Å². The Balaban J connectivity index is 1.53. The Hall–Kier alpha value is -1.66. The van der Waals surface area contributed by atoms with E-state index in [0.29, 0.717) is 12.0 Å². The highest BCUT2D eigenvalue weighted by Crippen LogP contribution is 2.25. The number of carbonyl (C=O) groups excluding carboxylic acids is 1. The van der Waals surface area contributed by atoms with Crippen molar-refractivity contribution in [2.45, 2.75) is 45.0 Å². The molecule has 1 aromatic heterocycles. The van der Waals surface area contributed by atoms with Crippen LogP contribution in [0, 0.1) is 5.92 Å². The molecule has 2 saturated heterocycles. The summed E-state index contributed by atoms with van der Waals surface area (Å²) < 4.78 is 7.34. The molecule has 126 valence electrons. The molecule has 0 saturated carbocycles. The second kappa shape index (κ2) is 6.84. The number of carbonyl (C=O) groups is 1. The fraction of sp³-hybridized carbons (Fsp3) is 0.647. The Morgan fingerprint density at radius 1 is 1.39 bits per heavy atom.